The fourth-order valence-corrected chi connectivity index (χ4v) is 4.17. The summed E-state index contributed by atoms with van der Waals surface area (Å²) < 4.78 is 43.2. The molecular formula is C27H28F3N3O7. The summed E-state index contributed by atoms with van der Waals surface area (Å²) in [4.78, 5) is 38.1. The Labute approximate surface area is 227 Å². The molecule has 10 nitrogen and oxygen atoms in total. The van der Waals surface area contributed by atoms with Crippen LogP contribution in [0.1, 0.15) is 40.9 Å². The highest BCUT2D eigenvalue weighted by Gasteiger charge is 2.38. The number of halogens is 3. The van der Waals surface area contributed by atoms with E-state index in [1.54, 1.807) is 29.7 Å². The monoisotopic (exact) mass is 563 g/mol. The van der Waals surface area contributed by atoms with Crippen molar-refractivity contribution >= 4 is 28.7 Å². The lowest BCUT2D eigenvalue weighted by Crippen LogP contribution is -2.56. The SMILES string of the molecule is Cc1cc(COc2ccc(C(=O)NC3(CC(=O)NO)CCCOC3)cc2)c2ccccc2n1.O=C(O)C(F)(F)F. The van der Waals surface area contributed by atoms with E-state index >= 15 is 0 Å². The van der Waals surface area contributed by atoms with Crippen molar-refractivity contribution in [2.24, 2.45) is 0 Å². The summed E-state index contributed by atoms with van der Waals surface area (Å²) in [6, 6.07) is 16.8. The maximum Gasteiger partial charge on any atom is 0.490 e. The van der Waals surface area contributed by atoms with Gasteiger partial charge in [0.25, 0.3) is 5.91 Å². The van der Waals surface area contributed by atoms with Crippen LogP contribution in [-0.4, -0.2) is 58.0 Å². The molecular weight excluding hydrogens is 535 g/mol. The first kappa shape index (κ1) is 30.3. The minimum atomic E-state index is -5.08. The van der Waals surface area contributed by atoms with E-state index in [1.165, 1.54) is 0 Å². The fourth-order valence-electron chi connectivity index (χ4n) is 4.17. The molecule has 0 saturated carbocycles. The summed E-state index contributed by atoms with van der Waals surface area (Å²) in [7, 11) is 0. The lowest BCUT2D eigenvalue weighted by Gasteiger charge is -2.37. The zero-order valence-electron chi connectivity index (χ0n) is 21.5. The number of carbonyl (C=O) groups excluding carboxylic acids is 2. The van der Waals surface area contributed by atoms with Crippen molar-refractivity contribution in [1.29, 1.82) is 0 Å². The number of carboxylic acid groups (broad SMARTS) is 1. The van der Waals surface area contributed by atoms with Gasteiger partial charge < -0.3 is 19.9 Å². The van der Waals surface area contributed by atoms with Gasteiger partial charge in [-0.15, -0.1) is 0 Å². The second-order valence-corrected chi connectivity index (χ2v) is 9.16. The van der Waals surface area contributed by atoms with Gasteiger partial charge in [-0.25, -0.2) is 10.3 Å². The Morgan fingerprint density at radius 3 is 2.40 bits per heavy atom. The van der Waals surface area contributed by atoms with Crippen molar-refractivity contribution in [1.82, 2.24) is 15.8 Å². The first-order valence-corrected chi connectivity index (χ1v) is 12.1. The molecule has 1 fully saturated rings. The number of aliphatic carboxylic acids is 1. The van der Waals surface area contributed by atoms with E-state index in [1.807, 2.05) is 37.3 Å². The lowest BCUT2D eigenvalue weighted by molar-refractivity contribution is -0.192. The number of benzene rings is 2. The van der Waals surface area contributed by atoms with Gasteiger partial charge in [-0.1, -0.05) is 18.2 Å². The molecule has 1 aliphatic heterocycles. The van der Waals surface area contributed by atoms with Crippen molar-refractivity contribution in [3.63, 3.8) is 0 Å². The standard InChI is InChI=1S/C25H27N3O5.C2HF3O2/c1-17-13-19(21-5-2-3-6-22(21)26-17)15-33-20-9-7-18(8-10-20)24(30)27-25(14-23(29)28-31)11-4-12-32-16-25;3-2(4,5)1(6)7/h2-3,5-10,13,31H,4,11-12,14-16H2,1H3,(H,27,30)(H,28,29);(H,6,7). The third kappa shape index (κ3) is 8.38. The number of aryl methyl sites for hydroxylation is 1. The number of para-hydroxylation sites is 1. The number of rotatable bonds is 7. The number of aromatic nitrogens is 1. The number of nitrogens with one attached hydrogen (secondary N) is 2. The Bertz CT molecular complexity index is 1340. The Kier molecular flexibility index (Phi) is 10.0. The number of hydroxylamine groups is 1. The number of pyridine rings is 1. The van der Waals surface area contributed by atoms with Gasteiger partial charge in [0, 0.05) is 28.8 Å². The van der Waals surface area contributed by atoms with Gasteiger partial charge in [-0.2, -0.15) is 13.2 Å². The average molecular weight is 564 g/mol. The molecule has 1 atom stereocenters. The summed E-state index contributed by atoms with van der Waals surface area (Å²) in [6.45, 7) is 3.13. The average Bonchev–Trinajstić information content (AvgIpc) is 2.92. The van der Waals surface area contributed by atoms with E-state index in [-0.39, 0.29) is 18.9 Å². The quantitative estimate of drug-likeness (QED) is 0.250. The van der Waals surface area contributed by atoms with E-state index in [9.17, 15) is 22.8 Å². The highest BCUT2D eigenvalue weighted by molar-refractivity contribution is 5.95. The first-order chi connectivity index (χ1) is 18.9. The maximum absolute atomic E-state index is 12.9. The van der Waals surface area contributed by atoms with Crippen LogP contribution in [0.25, 0.3) is 10.9 Å². The van der Waals surface area contributed by atoms with Crippen LogP contribution in [0, 0.1) is 6.92 Å². The largest absolute Gasteiger partial charge is 0.490 e. The van der Waals surface area contributed by atoms with Gasteiger partial charge in [0.15, 0.2) is 0 Å². The van der Waals surface area contributed by atoms with E-state index in [0.29, 0.717) is 30.9 Å². The number of hydrogen-bond donors (Lipinski definition) is 4. The molecule has 2 aromatic carbocycles. The number of amides is 2. The molecule has 0 bridgehead atoms. The van der Waals surface area contributed by atoms with Crippen LogP contribution in [0.4, 0.5) is 13.2 Å². The molecule has 4 rings (SSSR count). The number of ether oxygens (including phenoxy) is 2. The Morgan fingerprint density at radius 2 is 1.80 bits per heavy atom. The van der Waals surface area contributed by atoms with Crippen molar-refractivity contribution < 1.29 is 47.3 Å². The molecule has 214 valence electrons. The Balaban J connectivity index is 0.000000559. The summed E-state index contributed by atoms with van der Waals surface area (Å²) >= 11 is 0. The zero-order chi connectivity index (χ0) is 29.3. The van der Waals surface area contributed by atoms with Crippen LogP contribution in [0.5, 0.6) is 5.75 Å². The van der Waals surface area contributed by atoms with Crippen LogP contribution in [-0.2, 0) is 20.9 Å². The second-order valence-electron chi connectivity index (χ2n) is 9.16. The minimum Gasteiger partial charge on any atom is -0.489 e. The molecule has 40 heavy (non-hydrogen) atoms. The predicted molar refractivity (Wildman–Crippen MR) is 136 cm³/mol. The number of hydrogen-bond acceptors (Lipinski definition) is 7. The third-order valence-electron chi connectivity index (χ3n) is 6.01. The normalized spacial score (nSPS) is 16.8. The third-order valence-corrected chi connectivity index (χ3v) is 6.01. The number of alkyl halides is 3. The molecule has 1 saturated heterocycles. The number of carbonyl (C=O) groups is 3. The van der Waals surface area contributed by atoms with Crippen molar-refractivity contribution in [2.75, 3.05) is 13.2 Å². The van der Waals surface area contributed by atoms with Crippen molar-refractivity contribution in [2.45, 2.75) is 44.5 Å². The summed E-state index contributed by atoms with van der Waals surface area (Å²) in [5.41, 5.74) is 4.13. The highest BCUT2D eigenvalue weighted by Crippen LogP contribution is 2.25. The molecule has 13 heteroatoms. The van der Waals surface area contributed by atoms with Crippen LogP contribution in [0.15, 0.2) is 54.6 Å². The number of carboxylic acids is 1. The van der Waals surface area contributed by atoms with E-state index in [4.69, 9.17) is 24.6 Å². The molecule has 2 amide bonds. The highest BCUT2D eigenvalue weighted by atomic mass is 19.4. The molecule has 2 heterocycles. The summed E-state index contributed by atoms with van der Waals surface area (Å²) in [6.07, 6.45) is -3.84. The second kappa shape index (κ2) is 13.2. The molecule has 0 radical (unpaired) electrons. The van der Waals surface area contributed by atoms with Gasteiger partial charge in [-0.3, -0.25) is 19.8 Å². The van der Waals surface area contributed by atoms with Crippen LogP contribution >= 0.6 is 0 Å². The van der Waals surface area contributed by atoms with Crippen LogP contribution < -0.4 is 15.5 Å². The van der Waals surface area contributed by atoms with Gasteiger partial charge in [0.1, 0.15) is 12.4 Å². The Hall–Kier alpha value is -4.23. The predicted octanol–water partition coefficient (Wildman–Crippen LogP) is 3.93. The van der Waals surface area contributed by atoms with Gasteiger partial charge in [0.2, 0.25) is 5.91 Å². The topological polar surface area (TPSA) is 147 Å². The number of nitrogens with zero attached hydrogens (tertiary/aromatic N) is 1. The summed E-state index contributed by atoms with van der Waals surface area (Å²) in [5, 5.41) is 20.0. The van der Waals surface area contributed by atoms with Gasteiger partial charge in [-0.05, 0) is 56.2 Å². The fraction of sp³-hybridized carbons (Fsp3) is 0.333. The van der Waals surface area contributed by atoms with Crippen molar-refractivity contribution in [3.05, 3.63) is 71.4 Å². The minimum absolute atomic E-state index is 0.0598. The zero-order valence-corrected chi connectivity index (χ0v) is 21.5. The molecule has 0 spiro atoms. The molecule has 1 aliphatic rings. The van der Waals surface area contributed by atoms with Crippen LogP contribution in [0.2, 0.25) is 0 Å². The summed E-state index contributed by atoms with van der Waals surface area (Å²) in [5.74, 6) is -3.00. The van der Waals surface area contributed by atoms with Crippen LogP contribution in [0.3, 0.4) is 0 Å². The van der Waals surface area contributed by atoms with E-state index < -0.39 is 23.6 Å². The molecule has 4 N–H and O–H groups in total. The lowest BCUT2D eigenvalue weighted by atomic mass is 9.88. The van der Waals surface area contributed by atoms with Gasteiger partial charge in [0.05, 0.1) is 24.1 Å². The first-order valence-electron chi connectivity index (χ1n) is 12.1. The van der Waals surface area contributed by atoms with Crippen molar-refractivity contribution in [3.8, 4) is 5.75 Å². The molecule has 1 aromatic heterocycles. The smallest absolute Gasteiger partial charge is 0.489 e. The van der Waals surface area contributed by atoms with Gasteiger partial charge >= 0.3 is 12.1 Å². The van der Waals surface area contributed by atoms with E-state index in [0.717, 1.165) is 28.6 Å². The maximum atomic E-state index is 12.9. The number of fused-ring (bicyclic) bond motifs is 1. The molecule has 3 aromatic rings. The molecule has 0 aliphatic carbocycles. The Morgan fingerprint density at radius 1 is 1.12 bits per heavy atom. The molecule has 1 unspecified atom stereocenters. The van der Waals surface area contributed by atoms with E-state index in [2.05, 4.69) is 10.3 Å².